The highest BCUT2D eigenvalue weighted by atomic mass is 127. The predicted molar refractivity (Wildman–Crippen MR) is 114 cm³/mol. The second kappa shape index (κ2) is 10.2. The Kier molecular flexibility index (Phi) is 8.68. The van der Waals surface area contributed by atoms with E-state index in [1.807, 2.05) is 30.3 Å². The first kappa shape index (κ1) is 21.2. The molecule has 3 N–H and O–H groups in total. The van der Waals surface area contributed by atoms with Gasteiger partial charge in [0.1, 0.15) is 5.75 Å². The quantitative estimate of drug-likeness (QED) is 0.391. The molecule has 6 heteroatoms. The maximum absolute atomic E-state index is 5.85. The Balaban J connectivity index is 0.00000312. The minimum Gasteiger partial charge on any atom is -0.439 e. The van der Waals surface area contributed by atoms with Crippen molar-refractivity contribution in [3.63, 3.8) is 0 Å². The number of nitrogens with zero attached hydrogens (tertiary/aromatic N) is 2. The van der Waals surface area contributed by atoms with Crippen molar-refractivity contribution < 1.29 is 4.74 Å². The molecule has 2 rings (SSSR count). The Labute approximate surface area is 167 Å². The number of aryl methyl sites for hydroxylation is 2. The average Bonchev–Trinajstić information content (AvgIpc) is 2.55. The van der Waals surface area contributed by atoms with E-state index in [1.54, 1.807) is 6.20 Å². The molecule has 0 bridgehead atoms. The zero-order chi connectivity index (χ0) is 17.5. The summed E-state index contributed by atoms with van der Waals surface area (Å²) in [5.41, 5.74) is 9.28. The lowest BCUT2D eigenvalue weighted by Crippen LogP contribution is -2.34. The van der Waals surface area contributed by atoms with Gasteiger partial charge in [-0.1, -0.05) is 19.9 Å². The standard InChI is InChI=1S/C19H26N4O.HI/c1-13(2)11-22-19(20)23-12-16-7-8-21-18(10-16)24-17-6-5-14(3)15(4)9-17;/h5-10,13H,11-12H2,1-4H3,(H3,20,22,23);1H. The summed E-state index contributed by atoms with van der Waals surface area (Å²) in [7, 11) is 0. The molecule has 1 heterocycles. The molecule has 0 saturated heterocycles. The van der Waals surface area contributed by atoms with Gasteiger partial charge in [-0.2, -0.15) is 0 Å². The minimum atomic E-state index is 0. The molecule has 0 fully saturated rings. The molecular formula is C19H27IN4O. The van der Waals surface area contributed by atoms with Gasteiger partial charge in [0, 0.05) is 18.8 Å². The summed E-state index contributed by atoms with van der Waals surface area (Å²) in [5.74, 6) is 2.32. The minimum absolute atomic E-state index is 0. The fourth-order valence-electron chi connectivity index (χ4n) is 2.04. The Bertz CT molecular complexity index is 716. The van der Waals surface area contributed by atoms with Crippen LogP contribution in [0.3, 0.4) is 0 Å². The molecule has 0 atom stereocenters. The maximum atomic E-state index is 5.85. The normalized spacial score (nSPS) is 11.2. The number of aromatic nitrogens is 1. The second-order valence-corrected chi connectivity index (χ2v) is 6.33. The summed E-state index contributed by atoms with van der Waals surface area (Å²) in [4.78, 5) is 8.60. The number of hydrogen-bond donors (Lipinski definition) is 2. The van der Waals surface area contributed by atoms with E-state index in [0.717, 1.165) is 17.9 Å². The van der Waals surface area contributed by atoms with Crippen molar-refractivity contribution in [2.45, 2.75) is 34.2 Å². The van der Waals surface area contributed by atoms with Crippen molar-refractivity contribution in [3.05, 3.63) is 53.2 Å². The Hall–Kier alpha value is -1.83. The molecular weight excluding hydrogens is 427 g/mol. The van der Waals surface area contributed by atoms with Gasteiger partial charge in [0.25, 0.3) is 0 Å². The first-order valence-corrected chi connectivity index (χ1v) is 8.18. The van der Waals surface area contributed by atoms with Crippen LogP contribution in [0.25, 0.3) is 0 Å². The SMILES string of the molecule is Cc1ccc(Oc2cc(CN=C(N)NCC(C)C)ccn2)cc1C.I. The lowest BCUT2D eigenvalue weighted by molar-refractivity contribution is 0.461. The Morgan fingerprint density at radius 1 is 1.20 bits per heavy atom. The smallest absolute Gasteiger partial charge is 0.219 e. The number of halogens is 1. The van der Waals surface area contributed by atoms with Crippen LogP contribution in [-0.4, -0.2) is 17.5 Å². The van der Waals surface area contributed by atoms with Gasteiger partial charge < -0.3 is 15.8 Å². The lowest BCUT2D eigenvalue weighted by atomic mass is 10.1. The van der Waals surface area contributed by atoms with E-state index >= 15 is 0 Å². The number of guanidine groups is 1. The van der Waals surface area contributed by atoms with Gasteiger partial charge in [-0.25, -0.2) is 9.98 Å². The fraction of sp³-hybridized carbons (Fsp3) is 0.368. The number of rotatable bonds is 6. The Morgan fingerprint density at radius 3 is 2.64 bits per heavy atom. The van der Waals surface area contributed by atoms with Crippen LogP contribution in [0.1, 0.15) is 30.5 Å². The van der Waals surface area contributed by atoms with Crippen molar-refractivity contribution in [1.29, 1.82) is 0 Å². The van der Waals surface area contributed by atoms with Gasteiger partial charge in [-0.05, 0) is 54.7 Å². The van der Waals surface area contributed by atoms with Gasteiger partial charge in [-0.15, -0.1) is 24.0 Å². The third-order valence-corrected chi connectivity index (χ3v) is 3.62. The van der Waals surface area contributed by atoms with Gasteiger partial charge in [-0.3, -0.25) is 0 Å². The third-order valence-electron chi connectivity index (χ3n) is 3.62. The number of ether oxygens (including phenoxy) is 1. The van der Waals surface area contributed by atoms with Crippen LogP contribution >= 0.6 is 24.0 Å². The summed E-state index contributed by atoms with van der Waals surface area (Å²) in [6.45, 7) is 9.69. The first-order valence-electron chi connectivity index (χ1n) is 8.18. The van der Waals surface area contributed by atoms with Crippen LogP contribution in [0.4, 0.5) is 0 Å². The van der Waals surface area contributed by atoms with Crippen LogP contribution in [0.2, 0.25) is 0 Å². The van der Waals surface area contributed by atoms with E-state index in [1.165, 1.54) is 11.1 Å². The summed E-state index contributed by atoms with van der Waals surface area (Å²) in [6, 6.07) is 9.79. The zero-order valence-corrected chi connectivity index (χ0v) is 17.6. The number of hydrogen-bond acceptors (Lipinski definition) is 3. The molecule has 25 heavy (non-hydrogen) atoms. The van der Waals surface area contributed by atoms with E-state index in [-0.39, 0.29) is 24.0 Å². The van der Waals surface area contributed by atoms with Crippen molar-refractivity contribution >= 4 is 29.9 Å². The summed E-state index contributed by atoms with van der Waals surface area (Å²) in [6.07, 6.45) is 1.72. The molecule has 0 amide bonds. The number of nitrogens with one attached hydrogen (secondary N) is 1. The highest BCUT2D eigenvalue weighted by molar-refractivity contribution is 14.0. The van der Waals surface area contributed by atoms with E-state index in [4.69, 9.17) is 10.5 Å². The van der Waals surface area contributed by atoms with E-state index < -0.39 is 0 Å². The topological polar surface area (TPSA) is 72.5 Å². The molecule has 0 radical (unpaired) electrons. The van der Waals surface area contributed by atoms with Crippen LogP contribution in [0.15, 0.2) is 41.5 Å². The predicted octanol–water partition coefficient (Wildman–Crippen LogP) is 4.17. The third kappa shape index (κ3) is 7.29. The molecule has 5 nitrogen and oxygen atoms in total. The van der Waals surface area contributed by atoms with Gasteiger partial charge in [0.05, 0.1) is 6.54 Å². The first-order chi connectivity index (χ1) is 11.4. The average molecular weight is 454 g/mol. The maximum Gasteiger partial charge on any atom is 0.219 e. The lowest BCUT2D eigenvalue weighted by Gasteiger charge is -2.09. The van der Waals surface area contributed by atoms with Crippen molar-refractivity contribution in [3.8, 4) is 11.6 Å². The summed E-state index contributed by atoms with van der Waals surface area (Å²) >= 11 is 0. The van der Waals surface area contributed by atoms with Crippen molar-refractivity contribution in [2.24, 2.45) is 16.6 Å². The highest BCUT2D eigenvalue weighted by Gasteiger charge is 2.03. The molecule has 0 spiro atoms. The molecule has 0 aliphatic carbocycles. The molecule has 1 aromatic carbocycles. The van der Waals surface area contributed by atoms with Crippen LogP contribution in [0, 0.1) is 19.8 Å². The van der Waals surface area contributed by atoms with E-state index in [2.05, 4.69) is 43.0 Å². The van der Waals surface area contributed by atoms with Crippen LogP contribution in [-0.2, 0) is 6.54 Å². The molecule has 1 aromatic heterocycles. The monoisotopic (exact) mass is 454 g/mol. The second-order valence-electron chi connectivity index (χ2n) is 6.33. The summed E-state index contributed by atoms with van der Waals surface area (Å²) < 4.78 is 5.83. The van der Waals surface area contributed by atoms with Gasteiger partial charge >= 0.3 is 0 Å². The number of benzene rings is 1. The molecule has 0 aliphatic rings. The molecule has 2 aromatic rings. The summed E-state index contributed by atoms with van der Waals surface area (Å²) in [5, 5.41) is 3.10. The van der Waals surface area contributed by atoms with E-state index in [9.17, 15) is 0 Å². The molecule has 136 valence electrons. The zero-order valence-electron chi connectivity index (χ0n) is 15.2. The largest absolute Gasteiger partial charge is 0.439 e. The molecule has 0 saturated carbocycles. The Morgan fingerprint density at radius 2 is 1.96 bits per heavy atom. The van der Waals surface area contributed by atoms with Crippen molar-refractivity contribution in [1.82, 2.24) is 10.3 Å². The molecule has 0 unspecified atom stereocenters. The van der Waals surface area contributed by atoms with Gasteiger partial charge in [0.15, 0.2) is 5.96 Å². The fourth-order valence-corrected chi connectivity index (χ4v) is 2.04. The van der Waals surface area contributed by atoms with Crippen LogP contribution < -0.4 is 15.8 Å². The number of aliphatic imine (C=N–C) groups is 1. The molecule has 0 aliphatic heterocycles. The van der Waals surface area contributed by atoms with Crippen LogP contribution in [0.5, 0.6) is 11.6 Å². The number of pyridine rings is 1. The highest BCUT2D eigenvalue weighted by Crippen LogP contribution is 2.22. The van der Waals surface area contributed by atoms with E-state index in [0.29, 0.717) is 24.3 Å². The van der Waals surface area contributed by atoms with Crippen molar-refractivity contribution in [2.75, 3.05) is 6.54 Å². The van der Waals surface area contributed by atoms with Gasteiger partial charge in [0.2, 0.25) is 5.88 Å². The number of nitrogens with two attached hydrogens (primary N) is 1.